The summed E-state index contributed by atoms with van der Waals surface area (Å²) in [6.45, 7) is 0. The summed E-state index contributed by atoms with van der Waals surface area (Å²) in [5, 5.41) is 19.8. The maximum atomic E-state index is 11.0. The van der Waals surface area contributed by atoms with Gasteiger partial charge in [0.1, 0.15) is 0 Å². The maximum absolute atomic E-state index is 11.0. The van der Waals surface area contributed by atoms with Gasteiger partial charge in [-0.15, -0.1) is 0 Å². The molecule has 1 unspecified atom stereocenters. The topological polar surface area (TPSA) is 113 Å². The summed E-state index contributed by atoms with van der Waals surface area (Å²) >= 11 is 0. The molecule has 0 aromatic carbocycles. The summed E-state index contributed by atoms with van der Waals surface area (Å²) in [5.41, 5.74) is -2.44. The predicted molar refractivity (Wildman–Crippen MR) is 43.2 cm³/mol. The molecule has 0 rings (SSSR count). The molecule has 0 saturated carbocycles. The molecule has 8 heteroatoms. The van der Waals surface area contributed by atoms with E-state index in [9.17, 15) is 24.6 Å². The molecule has 7 nitrogen and oxygen atoms in total. The first-order valence-corrected chi connectivity index (χ1v) is 3.93. The van der Waals surface area contributed by atoms with Crippen LogP contribution < -0.4 is 34.7 Å². The van der Waals surface area contributed by atoms with Crippen molar-refractivity contribution >= 4 is 17.9 Å². The number of carboxylic acids is 1. The van der Waals surface area contributed by atoms with Crippen LogP contribution in [0.5, 0.6) is 0 Å². The first-order chi connectivity index (χ1) is 6.85. The fourth-order valence-corrected chi connectivity index (χ4v) is 0.947. The van der Waals surface area contributed by atoms with Gasteiger partial charge in [0.25, 0.3) is 0 Å². The van der Waals surface area contributed by atoms with Gasteiger partial charge in [0, 0.05) is 12.4 Å². The first-order valence-electron chi connectivity index (χ1n) is 3.93. The number of ether oxygens (including phenoxy) is 2. The number of esters is 2. The molecule has 0 bridgehead atoms. The average molecular weight is 242 g/mol. The Morgan fingerprint density at radius 2 is 1.69 bits per heavy atom. The van der Waals surface area contributed by atoms with E-state index in [4.69, 9.17) is 0 Å². The summed E-state index contributed by atoms with van der Waals surface area (Å²) in [6.07, 6.45) is -1.83. The summed E-state index contributed by atoms with van der Waals surface area (Å²) in [5.74, 6) is -3.83. The first kappa shape index (κ1) is 17.8. The molecule has 0 aromatic rings. The van der Waals surface area contributed by atoms with Crippen molar-refractivity contribution in [1.29, 1.82) is 0 Å². The molecular weight excluding hydrogens is 231 g/mol. The Balaban J connectivity index is 0. The third-order valence-electron chi connectivity index (χ3n) is 1.67. The molecular formula is C8H11NaO7. The Bertz CT molecular complexity index is 278. The second-order valence-corrected chi connectivity index (χ2v) is 2.82. The number of methoxy groups -OCH3 is 2. The van der Waals surface area contributed by atoms with Crippen molar-refractivity contribution in [2.24, 2.45) is 0 Å². The average Bonchev–Trinajstić information content (AvgIpc) is 2.14. The number of carbonyl (C=O) groups excluding carboxylic acids is 3. The van der Waals surface area contributed by atoms with Crippen LogP contribution in [0.15, 0.2) is 0 Å². The van der Waals surface area contributed by atoms with Gasteiger partial charge in [0.05, 0.1) is 20.6 Å². The van der Waals surface area contributed by atoms with E-state index in [0.29, 0.717) is 0 Å². The predicted octanol–water partition coefficient (Wildman–Crippen LogP) is -5.40. The quantitative estimate of drug-likeness (QED) is 0.378. The number of carbonyl (C=O) groups is 3. The van der Waals surface area contributed by atoms with Crippen LogP contribution in [0.4, 0.5) is 0 Å². The third-order valence-corrected chi connectivity index (χ3v) is 1.67. The summed E-state index contributed by atoms with van der Waals surface area (Å²) in [7, 11) is 2.00. The van der Waals surface area contributed by atoms with Gasteiger partial charge >= 0.3 is 41.5 Å². The maximum Gasteiger partial charge on any atom is 1.00 e. The van der Waals surface area contributed by atoms with Crippen LogP contribution in [0.3, 0.4) is 0 Å². The van der Waals surface area contributed by atoms with Crippen LogP contribution in [-0.2, 0) is 23.9 Å². The van der Waals surface area contributed by atoms with Gasteiger partial charge in [-0.1, -0.05) is 0 Å². The van der Waals surface area contributed by atoms with Crippen LogP contribution in [0.25, 0.3) is 0 Å². The van der Waals surface area contributed by atoms with E-state index >= 15 is 0 Å². The van der Waals surface area contributed by atoms with E-state index in [1.807, 2.05) is 0 Å². The molecule has 0 aliphatic carbocycles. The van der Waals surface area contributed by atoms with E-state index in [0.717, 1.165) is 14.2 Å². The largest absolute Gasteiger partial charge is 1.00 e. The van der Waals surface area contributed by atoms with Crippen molar-refractivity contribution in [2.75, 3.05) is 14.2 Å². The molecule has 0 radical (unpaired) electrons. The summed E-state index contributed by atoms with van der Waals surface area (Å²) in [4.78, 5) is 32.1. The van der Waals surface area contributed by atoms with E-state index in [-0.39, 0.29) is 29.6 Å². The van der Waals surface area contributed by atoms with E-state index in [1.54, 1.807) is 0 Å². The molecule has 0 fully saturated rings. The van der Waals surface area contributed by atoms with E-state index in [2.05, 4.69) is 9.47 Å². The smallest absolute Gasteiger partial charge is 0.550 e. The zero-order valence-corrected chi connectivity index (χ0v) is 11.3. The van der Waals surface area contributed by atoms with Crippen LogP contribution in [-0.4, -0.2) is 42.8 Å². The van der Waals surface area contributed by atoms with Gasteiger partial charge in [-0.3, -0.25) is 4.79 Å². The minimum atomic E-state index is -2.44. The number of hydrogen-bond acceptors (Lipinski definition) is 7. The molecule has 1 N–H and O–H groups in total. The molecule has 0 saturated heterocycles. The van der Waals surface area contributed by atoms with Crippen LogP contribution in [0.1, 0.15) is 12.8 Å². The van der Waals surface area contributed by atoms with Crippen LogP contribution >= 0.6 is 0 Å². The van der Waals surface area contributed by atoms with Crippen molar-refractivity contribution in [1.82, 2.24) is 0 Å². The molecule has 1 atom stereocenters. The Kier molecular flexibility index (Phi) is 8.45. The second-order valence-electron chi connectivity index (χ2n) is 2.82. The van der Waals surface area contributed by atoms with Crippen molar-refractivity contribution in [3.05, 3.63) is 0 Å². The van der Waals surface area contributed by atoms with Crippen LogP contribution in [0.2, 0.25) is 0 Å². The minimum Gasteiger partial charge on any atom is -0.550 e. The Morgan fingerprint density at radius 1 is 1.19 bits per heavy atom. The van der Waals surface area contributed by atoms with E-state index < -0.39 is 36.4 Å². The standard InChI is InChI=1S/C8H12O7.Na/c1-14-6(11)4-8(13,3-5(9)10)7(12)15-2;/h13H,3-4H2,1-2H3,(H,9,10);/q;+1/p-1. The minimum absolute atomic E-state index is 0. The number of rotatable bonds is 5. The normalized spacial score (nSPS) is 12.9. The molecule has 16 heavy (non-hydrogen) atoms. The Hall–Kier alpha value is -0.630. The number of aliphatic hydroxyl groups is 1. The fourth-order valence-electron chi connectivity index (χ4n) is 0.947. The zero-order valence-electron chi connectivity index (χ0n) is 9.31. The Labute approximate surface area is 114 Å². The molecule has 0 amide bonds. The molecule has 0 spiro atoms. The SMILES string of the molecule is COC(=O)CC(O)(CC(=O)[O-])C(=O)OC.[Na+]. The molecule has 86 valence electrons. The van der Waals surface area contributed by atoms with Gasteiger partial charge in [0.15, 0.2) is 5.60 Å². The van der Waals surface area contributed by atoms with Crippen molar-refractivity contribution in [3.8, 4) is 0 Å². The van der Waals surface area contributed by atoms with Gasteiger partial charge in [-0.25, -0.2) is 4.79 Å². The van der Waals surface area contributed by atoms with Gasteiger partial charge < -0.3 is 24.5 Å². The summed E-state index contributed by atoms with van der Waals surface area (Å²) in [6, 6.07) is 0. The molecule has 0 aliphatic heterocycles. The van der Waals surface area contributed by atoms with Crippen LogP contribution in [0, 0.1) is 0 Å². The van der Waals surface area contributed by atoms with Crippen molar-refractivity contribution in [2.45, 2.75) is 18.4 Å². The monoisotopic (exact) mass is 242 g/mol. The fraction of sp³-hybridized carbons (Fsp3) is 0.625. The third kappa shape index (κ3) is 5.45. The molecule has 0 aromatic heterocycles. The number of aliphatic carboxylic acids is 1. The van der Waals surface area contributed by atoms with E-state index in [1.165, 1.54) is 0 Å². The summed E-state index contributed by atoms with van der Waals surface area (Å²) < 4.78 is 8.38. The van der Waals surface area contributed by atoms with Crippen molar-refractivity contribution < 1.29 is 63.6 Å². The second kappa shape index (κ2) is 7.61. The van der Waals surface area contributed by atoms with Gasteiger partial charge in [-0.05, 0) is 0 Å². The Morgan fingerprint density at radius 3 is 2.00 bits per heavy atom. The van der Waals surface area contributed by atoms with Crippen molar-refractivity contribution in [3.63, 3.8) is 0 Å². The zero-order chi connectivity index (χ0) is 12.1. The molecule has 0 heterocycles. The molecule has 0 aliphatic rings. The number of hydrogen-bond donors (Lipinski definition) is 1. The van der Waals surface area contributed by atoms with Gasteiger partial charge in [-0.2, -0.15) is 0 Å². The van der Waals surface area contributed by atoms with Gasteiger partial charge in [0.2, 0.25) is 0 Å². The number of carboxylic acid groups (broad SMARTS) is 1.